The van der Waals surface area contributed by atoms with Gasteiger partial charge in [-0.05, 0) is 24.3 Å². The third kappa shape index (κ3) is 8.38. The molecule has 0 radical (unpaired) electrons. The molecular formula is C20H33IN4O. The van der Waals surface area contributed by atoms with Crippen molar-refractivity contribution in [2.45, 2.75) is 57.4 Å². The van der Waals surface area contributed by atoms with Crippen LogP contribution in [0.25, 0.3) is 0 Å². The summed E-state index contributed by atoms with van der Waals surface area (Å²) in [7, 11) is 1.75. The summed E-state index contributed by atoms with van der Waals surface area (Å²) in [6.45, 7) is 3.59. The van der Waals surface area contributed by atoms with Gasteiger partial charge in [-0.3, -0.25) is 9.79 Å². The van der Waals surface area contributed by atoms with E-state index in [0.717, 1.165) is 25.3 Å². The van der Waals surface area contributed by atoms with E-state index in [1.807, 2.05) is 6.07 Å². The molecule has 6 heteroatoms. The zero-order valence-electron chi connectivity index (χ0n) is 16.0. The van der Waals surface area contributed by atoms with Crippen LogP contribution in [0, 0.1) is 0 Å². The summed E-state index contributed by atoms with van der Waals surface area (Å²) in [5.41, 5.74) is 1.30. The van der Waals surface area contributed by atoms with Crippen LogP contribution < -0.4 is 16.0 Å². The van der Waals surface area contributed by atoms with Gasteiger partial charge in [0.15, 0.2) is 5.96 Å². The SMILES string of the molecule is CN=C(NCCC(=O)NC1CCCCC1)NCC(C)c1ccccc1.I. The first-order chi connectivity index (χ1) is 12.2. The van der Waals surface area contributed by atoms with Gasteiger partial charge < -0.3 is 16.0 Å². The number of nitrogens with one attached hydrogen (secondary N) is 3. The van der Waals surface area contributed by atoms with Crippen molar-refractivity contribution in [1.82, 2.24) is 16.0 Å². The van der Waals surface area contributed by atoms with Crippen molar-refractivity contribution in [2.24, 2.45) is 4.99 Å². The van der Waals surface area contributed by atoms with E-state index in [2.05, 4.69) is 52.1 Å². The van der Waals surface area contributed by atoms with Crippen molar-refractivity contribution < 1.29 is 4.79 Å². The Morgan fingerprint density at radius 2 is 1.85 bits per heavy atom. The van der Waals surface area contributed by atoms with Crippen LogP contribution in [0.3, 0.4) is 0 Å². The second-order valence-electron chi connectivity index (χ2n) is 6.84. The molecule has 1 aromatic rings. The number of halogens is 1. The van der Waals surface area contributed by atoms with Crippen molar-refractivity contribution in [3.63, 3.8) is 0 Å². The Hall–Kier alpha value is -1.31. The number of carbonyl (C=O) groups is 1. The molecule has 1 aliphatic carbocycles. The number of aliphatic imine (C=N–C) groups is 1. The van der Waals surface area contributed by atoms with Gasteiger partial charge in [-0.25, -0.2) is 0 Å². The Morgan fingerprint density at radius 3 is 2.50 bits per heavy atom. The molecule has 0 heterocycles. The van der Waals surface area contributed by atoms with E-state index in [1.54, 1.807) is 7.05 Å². The molecule has 26 heavy (non-hydrogen) atoms. The summed E-state index contributed by atoms with van der Waals surface area (Å²) in [6.07, 6.45) is 6.50. The maximum absolute atomic E-state index is 12.0. The minimum atomic E-state index is 0. The van der Waals surface area contributed by atoms with Crippen molar-refractivity contribution in [1.29, 1.82) is 0 Å². The smallest absolute Gasteiger partial charge is 0.221 e. The van der Waals surface area contributed by atoms with E-state index in [0.29, 0.717) is 24.9 Å². The van der Waals surface area contributed by atoms with E-state index in [1.165, 1.54) is 24.8 Å². The lowest BCUT2D eigenvalue weighted by atomic mass is 9.95. The van der Waals surface area contributed by atoms with Gasteiger partial charge >= 0.3 is 0 Å². The summed E-state index contributed by atoms with van der Waals surface area (Å²) >= 11 is 0. The molecular weight excluding hydrogens is 439 g/mol. The molecule has 1 atom stereocenters. The second kappa shape index (κ2) is 12.9. The monoisotopic (exact) mass is 472 g/mol. The zero-order chi connectivity index (χ0) is 17.9. The molecule has 5 nitrogen and oxygen atoms in total. The number of guanidine groups is 1. The zero-order valence-corrected chi connectivity index (χ0v) is 18.3. The summed E-state index contributed by atoms with van der Waals surface area (Å²) < 4.78 is 0. The molecule has 1 saturated carbocycles. The molecule has 0 aliphatic heterocycles. The number of hydrogen-bond acceptors (Lipinski definition) is 2. The predicted molar refractivity (Wildman–Crippen MR) is 119 cm³/mol. The van der Waals surface area contributed by atoms with Gasteiger partial charge in [0.1, 0.15) is 0 Å². The maximum atomic E-state index is 12.0. The molecule has 146 valence electrons. The summed E-state index contributed by atoms with van der Waals surface area (Å²) in [4.78, 5) is 16.2. The first-order valence-corrected chi connectivity index (χ1v) is 9.48. The highest BCUT2D eigenvalue weighted by atomic mass is 127. The topological polar surface area (TPSA) is 65.5 Å². The molecule has 2 rings (SSSR count). The van der Waals surface area contributed by atoms with E-state index in [9.17, 15) is 4.79 Å². The normalized spacial score (nSPS) is 16.3. The number of benzene rings is 1. The van der Waals surface area contributed by atoms with Crippen molar-refractivity contribution >= 4 is 35.8 Å². The Morgan fingerprint density at radius 1 is 1.15 bits per heavy atom. The summed E-state index contributed by atoms with van der Waals surface area (Å²) in [6, 6.07) is 10.8. The molecule has 0 bridgehead atoms. The quantitative estimate of drug-likeness (QED) is 0.324. The third-order valence-corrected chi connectivity index (χ3v) is 4.78. The average molecular weight is 472 g/mol. The van der Waals surface area contributed by atoms with Crippen LogP contribution in [0.1, 0.15) is 56.9 Å². The molecule has 0 spiro atoms. The van der Waals surface area contributed by atoms with Gasteiger partial charge in [0.05, 0.1) is 0 Å². The number of amides is 1. The summed E-state index contributed by atoms with van der Waals surface area (Å²) in [5.74, 6) is 1.27. The Bertz CT molecular complexity index is 544. The summed E-state index contributed by atoms with van der Waals surface area (Å²) in [5, 5.41) is 9.70. The first kappa shape index (κ1) is 22.7. The van der Waals surface area contributed by atoms with E-state index in [-0.39, 0.29) is 29.9 Å². The average Bonchev–Trinajstić information content (AvgIpc) is 2.65. The van der Waals surface area contributed by atoms with Crippen LogP contribution in [0.15, 0.2) is 35.3 Å². The Labute approximate surface area is 174 Å². The van der Waals surface area contributed by atoms with Crippen LogP contribution in [0.2, 0.25) is 0 Å². The molecule has 1 aliphatic rings. The third-order valence-electron chi connectivity index (χ3n) is 4.78. The van der Waals surface area contributed by atoms with Gasteiger partial charge in [0.25, 0.3) is 0 Å². The Balaban J connectivity index is 0.00000338. The van der Waals surface area contributed by atoms with Gasteiger partial charge in [-0.15, -0.1) is 24.0 Å². The highest BCUT2D eigenvalue weighted by Gasteiger charge is 2.15. The lowest BCUT2D eigenvalue weighted by molar-refractivity contribution is -0.121. The van der Waals surface area contributed by atoms with E-state index < -0.39 is 0 Å². The fourth-order valence-corrected chi connectivity index (χ4v) is 3.21. The fraction of sp³-hybridized carbons (Fsp3) is 0.600. The second-order valence-corrected chi connectivity index (χ2v) is 6.84. The highest BCUT2D eigenvalue weighted by molar-refractivity contribution is 14.0. The van der Waals surface area contributed by atoms with E-state index in [4.69, 9.17) is 0 Å². The lowest BCUT2D eigenvalue weighted by Crippen LogP contribution is -2.42. The van der Waals surface area contributed by atoms with Crippen molar-refractivity contribution in [2.75, 3.05) is 20.1 Å². The Kier molecular flexibility index (Phi) is 11.3. The number of nitrogens with zero attached hydrogens (tertiary/aromatic N) is 1. The molecule has 1 fully saturated rings. The molecule has 0 aromatic heterocycles. The van der Waals surface area contributed by atoms with Crippen LogP contribution in [-0.2, 0) is 4.79 Å². The lowest BCUT2D eigenvalue weighted by Gasteiger charge is -2.23. The van der Waals surface area contributed by atoms with Gasteiger partial charge in [-0.1, -0.05) is 56.5 Å². The van der Waals surface area contributed by atoms with Crippen LogP contribution in [0.5, 0.6) is 0 Å². The van der Waals surface area contributed by atoms with Crippen LogP contribution >= 0.6 is 24.0 Å². The molecule has 1 aromatic carbocycles. The first-order valence-electron chi connectivity index (χ1n) is 9.48. The minimum absolute atomic E-state index is 0. The van der Waals surface area contributed by atoms with Crippen molar-refractivity contribution in [3.05, 3.63) is 35.9 Å². The maximum Gasteiger partial charge on any atom is 0.221 e. The highest BCUT2D eigenvalue weighted by Crippen LogP contribution is 2.17. The largest absolute Gasteiger partial charge is 0.356 e. The van der Waals surface area contributed by atoms with Crippen molar-refractivity contribution in [3.8, 4) is 0 Å². The van der Waals surface area contributed by atoms with E-state index >= 15 is 0 Å². The fourth-order valence-electron chi connectivity index (χ4n) is 3.21. The van der Waals surface area contributed by atoms with Crippen LogP contribution in [-0.4, -0.2) is 38.0 Å². The molecule has 1 amide bonds. The molecule has 1 unspecified atom stereocenters. The molecule has 0 saturated heterocycles. The van der Waals surface area contributed by atoms with Gasteiger partial charge in [0, 0.05) is 32.6 Å². The van der Waals surface area contributed by atoms with Crippen LogP contribution in [0.4, 0.5) is 0 Å². The minimum Gasteiger partial charge on any atom is -0.356 e. The number of hydrogen-bond donors (Lipinski definition) is 3. The molecule has 3 N–H and O–H groups in total. The van der Waals surface area contributed by atoms with Gasteiger partial charge in [0.2, 0.25) is 5.91 Å². The number of carbonyl (C=O) groups excluding carboxylic acids is 1. The van der Waals surface area contributed by atoms with Gasteiger partial charge in [-0.2, -0.15) is 0 Å². The standard InChI is InChI=1S/C20H32N4O.HI/c1-16(17-9-5-3-6-10-17)15-23-20(21-2)22-14-13-19(25)24-18-11-7-4-8-12-18;/h3,5-6,9-10,16,18H,4,7-8,11-15H2,1-2H3,(H,24,25)(H2,21,22,23);1H. The predicted octanol–water partition coefficient (Wildman–Crippen LogP) is 3.41. The number of rotatable bonds is 7.